The van der Waals surface area contributed by atoms with Crippen LogP contribution in [0.3, 0.4) is 0 Å². The Bertz CT molecular complexity index is 334. The van der Waals surface area contributed by atoms with E-state index in [1.165, 1.54) is 35.7 Å². The molecule has 0 bridgehead atoms. The van der Waals surface area contributed by atoms with Gasteiger partial charge in [-0.2, -0.15) is 0 Å². The zero-order chi connectivity index (χ0) is 13.2. The van der Waals surface area contributed by atoms with Gasteiger partial charge < -0.3 is 0 Å². The number of allylic oxidation sites excluding steroid dienone is 1. The van der Waals surface area contributed by atoms with Crippen molar-refractivity contribution < 1.29 is 0 Å². The van der Waals surface area contributed by atoms with Crippen LogP contribution in [0, 0.1) is 0 Å². The van der Waals surface area contributed by atoms with Gasteiger partial charge in [-0.3, -0.25) is 0 Å². The summed E-state index contributed by atoms with van der Waals surface area (Å²) in [7, 11) is 0.672. The Morgan fingerprint density at radius 2 is 1.72 bits per heavy atom. The Labute approximate surface area is 116 Å². The van der Waals surface area contributed by atoms with Crippen molar-refractivity contribution in [2.24, 2.45) is 0 Å². The number of hydrogen-bond acceptors (Lipinski definition) is 0. The highest BCUT2D eigenvalue weighted by molar-refractivity contribution is 7.97. The summed E-state index contributed by atoms with van der Waals surface area (Å²) in [5.74, 6) is 4.25. The van der Waals surface area contributed by atoms with Crippen LogP contribution in [0.4, 0.5) is 0 Å². The van der Waals surface area contributed by atoms with Crippen molar-refractivity contribution in [2.45, 2.75) is 40.0 Å². The topological polar surface area (TPSA) is 0 Å². The monoisotopic (exact) mass is 263 g/mol. The fraction of sp³-hybridized carbons (Fsp3) is 0.529. The molecule has 1 aromatic rings. The molecule has 1 aliphatic heterocycles. The normalized spacial score (nSPS) is 16.3. The summed E-state index contributed by atoms with van der Waals surface area (Å²) in [5.41, 5.74) is 3.01. The van der Waals surface area contributed by atoms with Crippen molar-refractivity contribution in [3.63, 3.8) is 0 Å². The van der Waals surface area contributed by atoms with E-state index in [0.29, 0.717) is 10.9 Å². The van der Waals surface area contributed by atoms with E-state index in [4.69, 9.17) is 0 Å². The molecule has 0 N–H and O–H groups in total. The number of rotatable bonds is 4. The van der Waals surface area contributed by atoms with Crippen LogP contribution < -0.4 is 0 Å². The van der Waals surface area contributed by atoms with Gasteiger partial charge in [-0.15, -0.1) is 0 Å². The Morgan fingerprint density at radius 1 is 1.11 bits per heavy atom. The van der Waals surface area contributed by atoms with E-state index in [-0.39, 0.29) is 0 Å². The zero-order valence-electron chi connectivity index (χ0n) is 12.1. The van der Waals surface area contributed by atoms with Gasteiger partial charge in [0.2, 0.25) is 0 Å². The summed E-state index contributed by atoms with van der Waals surface area (Å²) in [6.07, 6.45) is 6.48. The highest BCUT2D eigenvalue weighted by Gasteiger charge is 2.25. The van der Waals surface area contributed by atoms with E-state index >= 15 is 0 Å². The molecular weight excluding hydrogens is 236 g/mol. The molecule has 1 fully saturated rings. The average Bonchev–Trinajstić information content (AvgIpc) is 2.95. The molecule has 1 heteroatoms. The fourth-order valence-electron chi connectivity index (χ4n) is 2.24. The third-order valence-electron chi connectivity index (χ3n) is 3.07. The van der Waals surface area contributed by atoms with Crippen LogP contribution in [0.1, 0.15) is 45.6 Å². The molecule has 0 aromatic heterocycles. The summed E-state index contributed by atoms with van der Waals surface area (Å²) >= 11 is 0. The molecule has 0 amide bonds. The van der Waals surface area contributed by atoms with Gasteiger partial charge in [-0.25, -0.2) is 0 Å². The van der Waals surface area contributed by atoms with Gasteiger partial charge in [-0.05, 0) is 35.7 Å². The molecular formula is C17H27S+. The summed E-state index contributed by atoms with van der Waals surface area (Å²) < 4.78 is 0. The molecule has 0 saturated carbocycles. The second-order valence-electron chi connectivity index (χ2n) is 4.38. The quantitative estimate of drug-likeness (QED) is 0.677. The maximum absolute atomic E-state index is 2.42. The van der Waals surface area contributed by atoms with Gasteiger partial charge in [0.25, 0.3) is 0 Å². The lowest BCUT2D eigenvalue weighted by Gasteiger charge is -2.07. The van der Waals surface area contributed by atoms with Crippen LogP contribution in [0.25, 0.3) is 5.57 Å². The largest absolute Gasteiger partial charge is 0.133 e. The van der Waals surface area contributed by atoms with Crippen molar-refractivity contribution >= 4 is 16.5 Å². The van der Waals surface area contributed by atoms with Gasteiger partial charge in [0.05, 0.1) is 0 Å². The van der Waals surface area contributed by atoms with Crippen molar-refractivity contribution in [1.29, 1.82) is 0 Å². The first-order valence-electron chi connectivity index (χ1n) is 7.28. The summed E-state index contributed by atoms with van der Waals surface area (Å²) in [4.78, 5) is 0. The molecule has 0 aliphatic carbocycles. The zero-order valence-corrected chi connectivity index (χ0v) is 12.9. The van der Waals surface area contributed by atoms with E-state index in [1.807, 2.05) is 13.8 Å². The van der Waals surface area contributed by atoms with Gasteiger partial charge in [0.1, 0.15) is 17.3 Å². The molecule has 0 nitrogen and oxygen atoms in total. The first-order chi connectivity index (χ1) is 8.90. The average molecular weight is 263 g/mol. The number of benzene rings is 1. The molecule has 2 rings (SSSR count). The molecule has 100 valence electrons. The van der Waals surface area contributed by atoms with Crippen molar-refractivity contribution in [3.8, 4) is 0 Å². The van der Waals surface area contributed by atoms with Crippen molar-refractivity contribution in [2.75, 3.05) is 17.3 Å². The molecule has 0 unspecified atom stereocenters. The maximum Gasteiger partial charge on any atom is 0.133 e. The second kappa shape index (κ2) is 9.27. The van der Waals surface area contributed by atoms with Crippen LogP contribution in [0.5, 0.6) is 0 Å². The molecule has 1 saturated heterocycles. The lowest BCUT2D eigenvalue weighted by molar-refractivity contribution is 0.949. The SMILES string of the molecule is CC.CCC=C(C[S+]1CCCC1)c1ccccc1. The predicted molar refractivity (Wildman–Crippen MR) is 87.3 cm³/mol. The van der Waals surface area contributed by atoms with Gasteiger partial charge in [0, 0.05) is 5.57 Å². The highest BCUT2D eigenvalue weighted by Crippen LogP contribution is 2.22. The molecule has 1 heterocycles. The molecule has 0 radical (unpaired) electrons. The van der Waals surface area contributed by atoms with Crippen molar-refractivity contribution in [1.82, 2.24) is 0 Å². The molecule has 0 spiro atoms. The van der Waals surface area contributed by atoms with Gasteiger partial charge in [-0.1, -0.05) is 57.2 Å². The molecule has 18 heavy (non-hydrogen) atoms. The van der Waals surface area contributed by atoms with Crippen LogP contribution >= 0.6 is 0 Å². The van der Waals surface area contributed by atoms with E-state index < -0.39 is 0 Å². The standard InChI is InChI=1S/C15H21S.C2H6/c1-2-8-15(13-16-11-6-7-12-16)14-9-4-3-5-10-14;1-2/h3-5,8-10H,2,6-7,11-13H2,1H3;1-2H3/q+1;. The minimum atomic E-state index is 0.672. The second-order valence-corrected chi connectivity index (χ2v) is 6.71. The van der Waals surface area contributed by atoms with Gasteiger partial charge >= 0.3 is 0 Å². The summed E-state index contributed by atoms with van der Waals surface area (Å²) in [6, 6.07) is 10.9. The highest BCUT2D eigenvalue weighted by atomic mass is 32.2. The van der Waals surface area contributed by atoms with Crippen molar-refractivity contribution in [3.05, 3.63) is 42.0 Å². The third-order valence-corrected chi connectivity index (χ3v) is 5.52. The smallest absolute Gasteiger partial charge is 0.0763 e. The predicted octanol–water partition coefficient (Wildman–Crippen LogP) is 4.92. The van der Waals surface area contributed by atoms with Crippen LogP contribution in [-0.4, -0.2) is 17.3 Å². The molecule has 0 atom stereocenters. The summed E-state index contributed by atoms with van der Waals surface area (Å²) in [5, 5.41) is 0. The van der Waals surface area contributed by atoms with Crippen LogP contribution in [0.2, 0.25) is 0 Å². The van der Waals surface area contributed by atoms with Crippen LogP contribution in [0.15, 0.2) is 36.4 Å². The lowest BCUT2D eigenvalue weighted by atomic mass is 10.1. The third kappa shape index (κ3) is 4.89. The van der Waals surface area contributed by atoms with Gasteiger partial charge in [0.15, 0.2) is 0 Å². The van der Waals surface area contributed by atoms with E-state index in [9.17, 15) is 0 Å². The van der Waals surface area contributed by atoms with E-state index in [0.717, 1.165) is 6.42 Å². The molecule has 1 aliphatic rings. The van der Waals surface area contributed by atoms with E-state index in [2.05, 4.69) is 43.3 Å². The first-order valence-corrected chi connectivity index (χ1v) is 9.02. The summed E-state index contributed by atoms with van der Waals surface area (Å²) in [6.45, 7) is 6.24. The van der Waals surface area contributed by atoms with Crippen LogP contribution in [-0.2, 0) is 10.9 Å². The lowest BCUT2D eigenvalue weighted by Crippen LogP contribution is -2.10. The number of hydrogen-bond donors (Lipinski definition) is 0. The fourth-order valence-corrected chi connectivity index (χ4v) is 4.68. The van der Waals surface area contributed by atoms with E-state index in [1.54, 1.807) is 5.57 Å². The maximum atomic E-state index is 2.42. The minimum Gasteiger partial charge on any atom is -0.0763 e. The first kappa shape index (κ1) is 15.4. The Morgan fingerprint density at radius 3 is 2.28 bits per heavy atom. The molecule has 1 aromatic carbocycles. The Balaban J connectivity index is 0.000000771. The Hall–Kier alpha value is -0.690. The Kier molecular flexibility index (Phi) is 7.91. The minimum absolute atomic E-state index is 0.672.